The predicted octanol–water partition coefficient (Wildman–Crippen LogP) is 4.09. The van der Waals surface area contributed by atoms with Crippen molar-refractivity contribution in [2.24, 2.45) is 0 Å². The highest BCUT2D eigenvalue weighted by Gasteiger charge is 2.35. The molecule has 1 aliphatic heterocycles. The van der Waals surface area contributed by atoms with Gasteiger partial charge in [-0.3, -0.25) is 19.3 Å². The van der Waals surface area contributed by atoms with E-state index in [9.17, 15) is 19.2 Å². The number of anilines is 1. The molecule has 0 atom stereocenters. The van der Waals surface area contributed by atoms with Crippen molar-refractivity contribution in [3.8, 4) is 10.4 Å². The molecule has 35 heavy (non-hydrogen) atoms. The summed E-state index contributed by atoms with van der Waals surface area (Å²) in [5.74, 6) is -1.83. The smallest absolute Gasteiger partial charge is 0.341 e. The lowest BCUT2D eigenvalue weighted by atomic mass is 10.1. The lowest BCUT2D eigenvalue weighted by Gasteiger charge is -2.14. The molecule has 0 saturated carbocycles. The van der Waals surface area contributed by atoms with Gasteiger partial charge in [-0.1, -0.05) is 42.5 Å². The first-order chi connectivity index (χ1) is 16.9. The second kappa shape index (κ2) is 10.6. The highest BCUT2D eigenvalue weighted by molar-refractivity contribution is 7.80. The summed E-state index contributed by atoms with van der Waals surface area (Å²) in [6, 6.07) is 17.8. The van der Waals surface area contributed by atoms with Gasteiger partial charge in [-0.05, 0) is 42.9 Å². The van der Waals surface area contributed by atoms with Crippen LogP contribution in [-0.4, -0.2) is 46.9 Å². The fraction of sp³-hybridized carbons (Fsp3) is 0.160. The molecule has 4 rings (SSSR count). The van der Waals surface area contributed by atoms with Gasteiger partial charge in [0.1, 0.15) is 5.00 Å². The summed E-state index contributed by atoms with van der Waals surface area (Å²) in [5.41, 5.74) is 1.88. The van der Waals surface area contributed by atoms with Gasteiger partial charge in [-0.15, -0.1) is 11.3 Å². The van der Waals surface area contributed by atoms with Gasteiger partial charge in [-0.25, -0.2) is 4.79 Å². The highest BCUT2D eigenvalue weighted by atomic mass is 32.1. The van der Waals surface area contributed by atoms with Gasteiger partial charge in [0, 0.05) is 17.8 Å². The number of hydrogen-bond donors (Lipinski definition) is 2. The van der Waals surface area contributed by atoms with Crippen molar-refractivity contribution in [2.75, 3.05) is 18.5 Å². The van der Waals surface area contributed by atoms with E-state index in [2.05, 4.69) is 10.6 Å². The van der Waals surface area contributed by atoms with Crippen LogP contribution in [0.4, 0.5) is 5.00 Å². The van der Waals surface area contributed by atoms with Crippen molar-refractivity contribution in [1.82, 2.24) is 10.2 Å². The minimum atomic E-state index is -0.506. The van der Waals surface area contributed by atoms with E-state index in [1.165, 1.54) is 11.3 Å². The van der Waals surface area contributed by atoms with Crippen LogP contribution in [0.25, 0.3) is 10.4 Å². The molecule has 0 aliphatic carbocycles. The van der Waals surface area contributed by atoms with Gasteiger partial charge in [0.05, 0.1) is 23.3 Å². The van der Waals surface area contributed by atoms with Crippen LogP contribution in [-0.2, 0) is 9.53 Å². The second-order valence-corrected chi connectivity index (χ2v) is 8.96. The molecule has 2 aromatic carbocycles. The Morgan fingerprint density at radius 2 is 1.63 bits per heavy atom. The molecular weight excluding hydrogens is 486 g/mol. The first kappa shape index (κ1) is 24.2. The second-order valence-electron chi connectivity index (χ2n) is 7.50. The predicted molar refractivity (Wildman–Crippen MR) is 137 cm³/mol. The number of thiocarbonyl (C=S) groups is 1. The molecule has 1 aromatic heterocycles. The van der Waals surface area contributed by atoms with Crippen LogP contribution in [0, 0.1) is 0 Å². The summed E-state index contributed by atoms with van der Waals surface area (Å²) in [7, 11) is 0. The van der Waals surface area contributed by atoms with Crippen LogP contribution >= 0.6 is 23.6 Å². The number of rotatable bonds is 7. The summed E-state index contributed by atoms with van der Waals surface area (Å²) in [6.45, 7) is 1.86. The van der Waals surface area contributed by atoms with Crippen LogP contribution in [0.5, 0.6) is 0 Å². The number of hydrogen-bond acceptors (Lipinski definition) is 7. The van der Waals surface area contributed by atoms with Crippen molar-refractivity contribution >= 4 is 57.4 Å². The number of carbonyl (C=O) groups excluding carboxylic acids is 4. The van der Waals surface area contributed by atoms with Gasteiger partial charge in [0.25, 0.3) is 11.8 Å². The molecular formula is C25H21N3O5S2. The third-order valence-electron chi connectivity index (χ3n) is 5.21. The standard InChI is InChI=1S/C25H21N3O5S2/c1-2-33-24(32)18-14-19(15-8-4-3-5-9-15)35-21(18)27-25(34)26-20(29)12-13-28-22(30)16-10-6-7-11-17(16)23(28)31/h3-11,14H,2,12-13H2,1H3,(H2,26,27,29,34). The largest absolute Gasteiger partial charge is 0.462 e. The summed E-state index contributed by atoms with van der Waals surface area (Å²) >= 11 is 6.57. The molecule has 1 aliphatic rings. The molecule has 2 N–H and O–H groups in total. The molecule has 0 unspecified atom stereocenters. The zero-order chi connectivity index (χ0) is 24.9. The number of amides is 3. The van der Waals surface area contributed by atoms with Crippen LogP contribution in [0.2, 0.25) is 0 Å². The molecule has 0 fully saturated rings. The molecule has 10 heteroatoms. The zero-order valence-electron chi connectivity index (χ0n) is 18.7. The molecule has 0 radical (unpaired) electrons. The number of thiophene rings is 1. The molecule has 0 saturated heterocycles. The van der Waals surface area contributed by atoms with E-state index in [0.29, 0.717) is 21.7 Å². The molecule has 0 bridgehead atoms. The average molecular weight is 508 g/mol. The molecule has 3 aromatic rings. The number of fused-ring (bicyclic) bond motifs is 1. The van der Waals surface area contributed by atoms with Crippen LogP contribution < -0.4 is 10.6 Å². The van der Waals surface area contributed by atoms with Crippen molar-refractivity contribution in [3.05, 3.63) is 77.4 Å². The Kier molecular flexibility index (Phi) is 7.33. The molecule has 3 amide bonds. The van der Waals surface area contributed by atoms with E-state index in [-0.39, 0.29) is 24.7 Å². The number of esters is 1. The summed E-state index contributed by atoms with van der Waals surface area (Å²) in [5, 5.41) is 5.87. The maximum atomic E-state index is 12.5. The van der Waals surface area contributed by atoms with E-state index >= 15 is 0 Å². The highest BCUT2D eigenvalue weighted by Crippen LogP contribution is 2.36. The zero-order valence-corrected chi connectivity index (χ0v) is 20.3. The van der Waals surface area contributed by atoms with Crippen LogP contribution in [0.3, 0.4) is 0 Å². The maximum absolute atomic E-state index is 12.5. The summed E-state index contributed by atoms with van der Waals surface area (Å²) in [4.78, 5) is 51.7. The fourth-order valence-corrected chi connectivity index (χ4v) is 4.90. The van der Waals surface area contributed by atoms with Crippen LogP contribution in [0.15, 0.2) is 60.7 Å². The van der Waals surface area contributed by atoms with Crippen LogP contribution in [0.1, 0.15) is 44.4 Å². The lowest BCUT2D eigenvalue weighted by molar-refractivity contribution is -0.119. The summed E-state index contributed by atoms with van der Waals surface area (Å²) in [6.07, 6.45) is -0.127. The Morgan fingerprint density at radius 1 is 1.00 bits per heavy atom. The number of ether oxygens (including phenoxy) is 1. The molecule has 0 spiro atoms. The van der Waals surface area contributed by atoms with E-state index < -0.39 is 23.7 Å². The van der Waals surface area contributed by atoms with Gasteiger partial charge in [0.2, 0.25) is 5.91 Å². The SMILES string of the molecule is CCOC(=O)c1cc(-c2ccccc2)sc1NC(=S)NC(=O)CCN1C(=O)c2ccccc2C1=O. The molecule has 178 valence electrons. The van der Waals surface area contributed by atoms with Crippen molar-refractivity contribution in [2.45, 2.75) is 13.3 Å². The summed E-state index contributed by atoms with van der Waals surface area (Å²) < 4.78 is 5.15. The minimum absolute atomic E-state index is 0.00984. The topological polar surface area (TPSA) is 105 Å². The van der Waals surface area contributed by atoms with E-state index in [0.717, 1.165) is 15.3 Å². The Labute approximate surface area is 210 Å². The van der Waals surface area contributed by atoms with Crippen molar-refractivity contribution in [1.29, 1.82) is 0 Å². The van der Waals surface area contributed by atoms with E-state index in [1.807, 2.05) is 30.3 Å². The average Bonchev–Trinajstić information content (AvgIpc) is 3.38. The number of imide groups is 1. The minimum Gasteiger partial charge on any atom is -0.462 e. The van der Waals surface area contributed by atoms with Crippen molar-refractivity contribution in [3.63, 3.8) is 0 Å². The third-order valence-corrected chi connectivity index (χ3v) is 6.51. The number of benzene rings is 2. The Bertz CT molecular complexity index is 1280. The first-order valence-corrected chi connectivity index (χ1v) is 12.0. The fourth-order valence-electron chi connectivity index (χ4n) is 3.57. The quantitative estimate of drug-likeness (QED) is 0.282. The van der Waals surface area contributed by atoms with Crippen molar-refractivity contribution < 1.29 is 23.9 Å². The Balaban J connectivity index is 1.39. The van der Waals surface area contributed by atoms with Gasteiger partial charge >= 0.3 is 5.97 Å². The van der Waals surface area contributed by atoms with Gasteiger partial charge in [-0.2, -0.15) is 0 Å². The lowest BCUT2D eigenvalue weighted by Crippen LogP contribution is -2.38. The van der Waals surface area contributed by atoms with E-state index in [1.54, 1.807) is 37.3 Å². The molecule has 2 heterocycles. The normalized spacial score (nSPS) is 12.3. The number of nitrogens with one attached hydrogen (secondary N) is 2. The monoisotopic (exact) mass is 507 g/mol. The number of carbonyl (C=O) groups is 4. The maximum Gasteiger partial charge on any atom is 0.341 e. The number of nitrogens with zero attached hydrogens (tertiary/aromatic N) is 1. The molecule has 8 nitrogen and oxygen atoms in total. The van der Waals surface area contributed by atoms with Gasteiger partial charge < -0.3 is 15.4 Å². The third kappa shape index (κ3) is 5.28. The van der Waals surface area contributed by atoms with E-state index in [4.69, 9.17) is 17.0 Å². The first-order valence-electron chi connectivity index (χ1n) is 10.8. The Hall–Kier alpha value is -3.89. The van der Waals surface area contributed by atoms with Gasteiger partial charge in [0.15, 0.2) is 5.11 Å². The Morgan fingerprint density at radius 3 is 2.26 bits per heavy atom.